The minimum atomic E-state index is -0.607. The Morgan fingerprint density at radius 1 is 1.18 bits per heavy atom. The lowest BCUT2D eigenvalue weighted by atomic mass is 10.1. The fourth-order valence-electron chi connectivity index (χ4n) is 2.73. The van der Waals surface area contributed by atoms with Gasteiger partial charge >= 0.3 is 0 Å². The molecule has 7 nitrogen and oxygen atoms in total. The molecule has 0 radical (unpaired) electrons. The number of piperazine rings is 1. The van der Waals surface area contributed by atoms with Gasteiger partial charge in [-0.3, -0.25) is 14.6 Å². The van der Waals surface area contributed by atoms with Gasteiger partial charge < -0.3 is 16.0 Å². The van der Waals surface area contributed by atoms with Crippen molar-refractivity contribution in [2.24, 2.45) is 10.8 Å². The van der Waals surface area contributed by atoms with E-state index in [0.717, 1.165) is 18.8 Å². The van der Waals surface area contributed by atoms with E-state index in [9.17, 15) is 9.59 Å². The molecule has 2 aliphatic heterocycles. The molecule has 1 saturated heterocycles. The molecule has 1 unspecified atom stereocenters. The summed E-state index contributed by atoms with van der Waals surface area (Å²) in [5.74, 6) is -0.582. The minimum absolute atomic E-state index is 0.105. The first-order valence-corrected chi connectivity index (χ1v) is 7.38. The molecule has 2 heterocycles. The van der Waals surface area contributed by atoms with Crippen molar-refractivity contribution in [1.29, 1.82) is 0 Å². The first-order chi connectivity index (χ1) is 10.7. The Balaban J connectivity index is 1.83. The maximum absolute atomic E-state index is 12.5. The van der Waals surface area contributed by atoms with E-state index in [-0.39, 0.29) is 12.3 Å². The summed E-state index contributed by atoms with van der Waals surface area (Å²) in [6.07, 6.45) is 0.257. The molecule has 3 N–H and O–H groups in total. The molecule has 2 aliphatic rings. The molecule has 1 atom stereocenters. The van der Waals surface area contributed by atoms with Crippen LogP contribution in [0.4, 0.5) is 5.69 Å². The van der Waals surface area contributed by atoms with Gasteiger partial charge in [-0.2, -0.15) is 5.10 Å². The average Bonchev–Trinajstić information content (AvgIpc) is 3.01. The molecular formula is C15H19N5O2. The van der Waals surface area contributed by atoms with Gasteiger partial charge in [0.25, 0.3) is 5.91 Å². The van der Waals surface area contributed by atoms with Gasteiger partial charge in [-0.05, 0) is 12.1 Å². The van der Waals surface area contributed by atoms with E-state index >= 15 is 0 Å². The molecule has 1 aromatic carbocycles. The molecule has 0 aliphatic carbocycles. The number of benzene rings is 1. The number of hydrogen-bond donors (Lipinski definition) is 2. The smallest absolute Gasteiger partial charge is 0.270 e. The Bertz CT molecular complexity index is 595. The van der Waals surface area contributed by atoms with Crippen LogP contribution in [0.15, 0.2) is 35.4 Å². The van der Waals surface area contributed by atoms with E-state index in [2.05, 4.69) is 10.4 Å². The number of hydrogen-bond acceptors (Lipinski definition) is 5. The highest BCUT2D eigenvalue weighted by atomic mass is 16.2. The zero-order chi connectivity index (χ0) is 15.5. The fourth-order valence-corrected chi connectivity index (χ4v) is 2.73. The number of nitrogens with zero attached hydrogens (tertiary/aromatic N) is 3. The van der Waals surface area contributed by atoms with Crippen molar-refractivity contribution in [1.82, 2.24) is 10.2 Å². The molecule has 3 rings (SSSR count). The monoisotopic (exact) mass is 301 g/mol. The summed E-state index contributed by atoms with van der Waals surface area (Å²) in [6.45, 7) is 2.87. The van der Waals surface area contributed by atoms with Crippen LogP contribution in [0, 0.1) is 0 Å². The Morgan fingerprint density at radius 2 is 1.86 bits per heavy atom. The van der Waals surface area contributed by atoms with Gasteiger partial charge in [-0.1, -0.05) is 18.2 Å². The number of amides is 2. The van der Waals surface area contributed by atoms with Crippen LogP contribution in [-0.4, -0.2) is 54.6 Å². The first-order valence-electron chi connectivity index (χ1n) is 7.38. The van der Waals surface area contributed by atoms with Crippen LogP contribution in [0.3, 0.4) is 0 Å². The van der Waals surface area contributed by atoms with Crippen LogP contribution in [0.25, 0.3) is 0 Å². The molecule has 0 aromatic heterocycles. The predicted octanol–water partition coefficient (Wildman–Crippen LogP) is -0.462. The third-order valence-corrected chi connectivity index (χ3v) is 3.91. The van der Waals surface area contributed by atoms with Crippen LogP contribution in [-0.2, 0) is 9.59 Å². The Kier molecular flexibility index (Phi) is 4.06. The van der Waals surface area contributed by atoms with Gasteiger partial charge in [0, 0.05) is 32.6 Å². The van der Waals surface area contributed by atoms with E-state index in [0.29, 0.717) is 18.8 Å². The zero-order valence-corrected chi connectivity index (χ0v) is 12.2. The van der Waals surface area contributed by atoms with Crippen molar-refractivity contribution in [2.75, 3.05) is 31.2 Å². The molecule has 2 amide bonds. The van der Waals surface area contributed by atoms with Gasteiger partial charge in [-0.15, -0.1) is 0 Å². The highest BCUT2D eigenvalue weighted by Gasteiger charge is 2.36. The van der Waals surface area contributed by atoms with E-state index in [1.165, 1.54) is 0 Å². The summed E-state index contributed by atoms with van der Waals surface area (Å²) in [4.78, 5) is 26.0. The Labute approximate surface area is 128 Å². The average molecular weight is 301 g/mol. The van der Waals surface area contributed by atoms with Gasteiger partial charge in [-0.25, -0.2) is 0 Å². The number of carbonyl (C=O) groups is 2. The highest BCUT2D eigenvalue weighted by molar-refractivity contribution is 6.40. The largest absolute Gasteiger partial charge is 0.368 e. The van der Waals surface area contributed by atoms with E-state index in [1.807, 2.05) is 30.3 Å². The van der Waals surface area contributed by atoms with E-state index in [1.54, 1.807) is 9.91 Å². The van der Waals surface area contributed by atoms with Gasteiger partial charge in [0.05, 0.1) is 5.69 Å². The number of nitrogens with two attached hydrogens (primary N) is 1. The summed E-state index contributed by atoms with van der Waals surface area (Å²) in [7, 11) is 0. The van der Waals surface area contributed by atoms with E-state index < -0.39 is 11.9 Å². The lowest BCUT2D eigenvalue weighted by Gasteiger charge is -2.27. The van der Waals surface area contributed by atoms with Crippen molar-refractivity contribution in [3.63, 3.8) is 0 Å². The Hall–Kier alpha value is -2.41. The number of nitrogens with one attached hydrogen (secondary N) is 1. The number of hydrazone groups is 1. The fraction of sp³-hybridized carbons (Fsp3) is 0.400. The minimum Gasteiger partial charge on any atom is -0.368 e. The van der Waals surface area contributed by atoms with Crippen LogP contribution in [0.2, 0.25) is 0 Å². The second-order valence-corrected chi connectivity index (χ2v) is 5.39. The van der Waals surface area contributed by atoms with Crippen molar-refractivity contribution in [3.05, 3.63) is 30.3 Å². The summed E-state index contributed by atoms with van der Waals surface area (Å²) in [5.41, 5.74) is 6.63. The van der Waals surface area contributed by atoms with Crippen molar-refractivity contribution in [3.8, 4) is 0 Å². The Morgan fingerprint density at radius 3 is 2.50 bits per heavy atom. The van der Waals surface area contributed by atoms with Crippen molar-refractivity contribution in [2.45, 2.75) is 12.5 Å². The zero-order valence-electron chi connectivity index (χ0n) is 12.2. The second-order valence-electron chi connectivity index (χ2n) is 5.39. The predicted molar refractivity (Wildman–Crippen MR) is 83.4 cm³/mol. The molecule has 116 valence electrons. The van der Waals surface area contributed by atoms with Gasteiger partial charge in [0.1, 0.15) is 11.8 Å². The molecule has 22 heavy (non-hydrogen) atoms. The number of anilines is 1. The van der Waals surface area contributed by atoms with Crippen molar-refractivity contribution >= 4 is 23.2 Å². The number of primary amides is 1. The SMILES string of the molecule is NC(=O)C1CC(C(=O)N2CCNCC2)=NN1c1ccccc1. The summed E-state index contributed by atoms with van der Waals surface area (Å²) in [6, 6.07) is 8.69. The molecule has 0 spiro atoms. The van der Waals surface area contributed by atoms with E-state index in [4.69, 9.17) is 5.73 Å². The van der Waals surface area contributed by atoms with Gasteiger partial charge in [0.15, 0.2) is 0 Å². The molecule has 1 fully saturated rings. The molecule has 0 bridgehead atoms. The van der Waals surface area contributed by atoms with Gasteiger partial charge in [0.2, 0.25) is 5.91 Å². The molecule has 0 saturated carbocycles. The molecule has 7 heteroatoms. The number of carbonyl (C=O) groups excluding carboxylic acids is 2. The second kappa shape index (κ2) is 6.15. The highest BCUT2D eigenvalue weighted by Crippen LogP contribution is 2.24. The maximum atomic E-state index is 12.5. The molecular weight excluding hydrogens is 282 g/mol. The van der Waals surface area contributed by atoms with Crippen LogP contribution >= 0.6 is 0 Å². The number of para-hydroxylation sites is 1. The quantitative estimate of drug-likeness (QED) is 0.790. The first kappa shape index (κ1) is 14.5. The van der Waals surface area contributed by atoms with Crippen LogP contribution < -0.4 is 16.1 Å². The van der Waals surface area contributed by atoms with Crippen LogP contribution in [0.5, 0.6) is 0 Å². The molecule has 1 aromatic rings. The standard InChI is InChI=1S/C15H19N5O2/c16-14(21)13-10-12(15(22)19-8-6-17-7-9-19)18-20(13)11-4-2-1-3-5-11/h1-5,13,17H,6-10H2,(H2,16,21). The van der Waals surface area contributed by atoms with Crippen molar-refractivity contribution < 1.29 is 9.59 Å². The number of rotatable bonds is 3. The summed E-state index contributed by atoms with van der Waals surface area (Å²) < 4.78 is 0. The third-order valence-electron chi connectivity index (χ3n) is 3.91. The lowest BCUT2D eigenvalue weighted by molar-refractivity contribution is -0.124. The topological polar surface area (TPSA) is 91.0 Å². The maximum Gasteiger partial charge on any atom is 0.270 e. The van der Waals surface area contributed by atoms with Crippen LogP contribution in [0.1, 0.15) is 6.42 Å². The summed E-state index contributed by atoms with van der Waals surface area (Å²) >= 11 is 0. The lowest BCUT2D eigenvalue weighted by Crippen LogP contribution is -2.48. The third kappa shape index (κ3) is 2.80. The summed E-state index contributed by atoms with van der Waals surface area (Å²) in [5, 5.41) is 9.13. The normalized spacial score (nSPS) is 21.6.